The van der Waals surface area contributed by atoms with E-state index in [0.717, 1.165) is 27.7 Å². The topological polar surface area (TPSA) is 131 Å². The highest BCUT2D eigenvalue weighted by molar-refractivity contribution is 5.94. The van der Waals surface area contributed by atoms with Crippen LogP contribution < -0.4 is 27.6 Å². The molecule has 41 heavy (non-hydrogen) atoms. The molecule has 0 spiro atoms. The molecule has 4 aromatic rings. The van der Waals surface area contributed by atoms with E-state index in [4.69, 9.17) is 0 Å². The lowest BCUT2D eigenvalue weighted by atomic mass is 9.71. The number of hydrogen-bond acceptors (Lipinski definition) is 6. The van der Waals surface area contributed by atoms with Crippen molar-refractivity contribution >= 4 is 11.9 Å². The fourth-order valence-electron chi connectivity index (χ4n) is 4.87. The Kier molecular flexibility index (Phi) is 7.35. The summed E-state index contributed by atoms with van der Waals surface area (Å²) in [6.07, 6.45) is 3.33. The predicted octanol–water partition coefficient (Wildman–Crippen LogP) is 2.46. The van der Waals surface area contributed by atoms with Crippen molar-refractivity contribution in [2.75, 3.05) is 12.4 Å². The van der Waals surface area contributed by atoms with Gasteiger partial charge in [0.2, 0.25) is 5.95 Å². The first kappa shape index (κ1) is 27.6. The Morgan fingerprint density at radius 2 is 1.73 bits per heavy atom. The Hall–Kier alpha value is -4.94. The molecule has 0 unspecified atom stereocenters. The number of pyridine rings is 1. The molecule has 13 heteroatoms. The third-order valence-corrected chi connectivity index (χ3v) is 7.22. The van der Waals surface area contributed by atoms with Crippen molar-refractivity contribution in [3.05, 3.63) is 126 Å². The van der Waals surface area contributed by atoms with Crippen LogP contribution in [0.5, 0.6) is 0 Å². The van der Waals surface area contributed by atoms with Crippen LogP contribution in [-0.2, 0) is 18.6 Å². The SMILES string of the molecule is CNC(=O)c1cccc(C2(Nc3nc(=O)n(Cc4ccc[nH]c4=O)c(=O)n3Cc3cc(F)c(F)c(F)c3)CCC2)c1. The first-order valence-corrected chi connectivity index (χ1v) is 12.7. The summed E-state index contributed by atoms with van der Waals surface area (Å²) < 4.78 is 43.5. The summed E-state index contributed by atoms with van der Waals surface area (Å²) in [5.74, 6) is -5.03. The lowest BCUT2D eigenvalue weighted by Gasteiger charge is -2.43. The van der Waals surface area contributed by atoms with Crippen LogP contribution in [0.1, 0.15) is 46.3 Å². The summed E-state index contributed by atoms with van der Waals surface area (Å²) >= 11 is 0. The van der Waals surface area contributed by atoms with Crippen LogP contribution in [0, 0.1) is 17.5 Å². The van der Waals surface area contributed by atoms with Crippen LogP contribution in [0.15, 0.2) is 69.1 Å². The molecule has 0 saturated heterocycles. The molecule has 0 bridgehead atoms. The second-order valence-electron chi connectivity index (χ2n) is 9.79. The van der Waals surface area contributed by atoms with E-state index in [2.05, 4.69) is 20.6 Å². The maximum absolute atomic E-state index is 14.0. The zero-order valence-electron chi connectivity index (χ0n) is 21.8. The minimum absolute atomic E-state index is 0.0969. The summed E-state index contributed by atoms with van der Waals surface area (Å²) in [6, 6.07) is 11.3. The highest BCUT2D eigenvalue weighted by Crippen LogP contribution is 2.43. The van der Waals surface area contributed by atoms with Crippen LogP contribution in [0.2, 0.25) is 0 Å². The van der Waals surface area contributed by atoms with E-state index in [0.29, 0.717) is 24.0 Å². The van der Waals surface area contributed by atoms with E-state index in [1.807, 2.05) is 0 Å². The number of nitrogens with one attached hydrogen (secondary N) is 3. The Morgan fingerprint density at radius 3 is 2.37 bits per heavy atom. The summed E-state index contributed by atoms with van der Waals surface area (Å²) in [4.78, 5) is 57.8. The number of nitrogens with zero attached hydrogens (tertiary/aromatic N) is 3. The largest absolute Gasteiger partial charge is 0.355 e. The van der Waals surface area contributed by atoms with Crippen molar-refractivity contribution in [2.45, 2.75) is 37.9 Å². The minimum atomic E-state index is -1.66. The molecule has 0 aliphatic heterocycles. The van der Waals surface area contributed by atoms with Gasteiger partial charge in [-0.1, -0.05) is 18.2 Å². The Balaban J connectivity index is 1.63. The van der Waals surface area contributed by atoms with E-state index < -0.39 is 53.0 Å². The normalized spacial score (nSPS) is 13.9. The van der Waals surface area contributed by atoms with Gasteiger partial charge >= 0.3 is 11.4 Å². The van der Waals surface area contributed by atoms with Crippen molar-refractivity contribution < 1.29 is 18.0 Å². The molecule has 212 valence electrons. The number of aromatic amines is 1. The number of anilines is 1. The molecule has 1 fully saturated rings. The number of aromatic nitrogens is 4. The van der Waals surface area contributed by atoms with Crippen molar-refractivity contribution in [2.24, 2.45) is 0 Å². The monoisotopic (exact) mass is 566 g/mol. The maximum atomic E-state index is 14.0. The third kappa shape index (κ3) is 5.30. The van der Waals surface area contributed by atoms with Gasteiger partial charge in [-0.2, -0.15) is 4.98 Å². The molecule has 1 amide bonds. The van der Waals surface area contributed by atoms with Crippen molar-refractivity contribution in [1.82, 2.24) is 24.4 Å². The lowest BCUT2D eigenvalue weighted by molar-refractivity contribution is 0.0962. The zero-order valence-corrected chi connectivity index (χ0v) is 21.8. The van der Waals surface area contributed by atoms with E-state index in [9.17, 15) is 32.3 Å². The Bertz CT molecular complexity index is 1800. The van der Waals surface area contributed by atoms with Gasteiger partial charge in [0.15, 0.2) is 17.5 Å². The summed E-state index contributed by atoms with van der Waals surface area (Å²) in [6.45, 7) is -0.880. The van der Waals surface area contributed by atoms with Gasteiger partial charge < -0.3 is 15.6 Å². The van der Waals surface area contributed by atoms with Gasteiger partial charge in [0.05, 0.1) is 18.6 Å². The summed E-state index contributed by atoms with van der Waals surface area (Å²) in [5, 5.41) is 5.75. The number of halogens is 3. The van der Waals surface area contributed by atoms with Crippen molar-refractivity contribution in [3.8, 4) is 0 Å². The molecular formula is C28H25F3N6O4. The smallest absolute Gasteiger partial charge is 0.355 e. The van der Waals surface area contributed by atoms with Crippen LogP contribution in [0.4, 0.5) is 19.1 Å². The number of carbonyl (C=O) groups excluding carboxylic acids is 1. The molecule has 1 aliphatic rings. The van der Waals surface area contributed by atoms with Gasteiger partial charge in [-0.25, -0.2) is 27.3 Å². The first-order chi connectivity index (χ1) is 19.6. The molecule has 2 heterocycles. The van der Waals surface area contributed by atoms with Crippen LogP contribution >= 0.6 is 0 Å². The van der Waals surface area contributed by atoms with Crippen molar-refractivity contribution in [1.29, 1.82) is 0 Å². The zero-order chi connectivity index (χ0) is 29.3. The average Bonchev–Trinajstić information content (AvgIpc) is 2.94. The van der Waals surface area contributed by atoms with Gasteiger partial charge in [-0.05, 0) is 60.7 Å². The summed E-state index contributed by atoms with van der Waals surface area (Å²) in [7, 11) is 1.51. The van der Waals surface area contributed by atoms with E-state index in [1.54, 1.807) is 24.3 Å². The molecular weight excluding hydrogens is 541 g/mol. The number of H-pyrrole nitrogens is 1. The number of rotatable bonds is 8. The highest BCUT2D eigenvalue weighted by Gasteiger charge is 2.40. The quantitative estimate of drug-likeness (QED) is 0.281. The van der Waals surface area contributed by atoms with Gasteiger partial charge in [0, 0.05) is 24.4 Å². The number of benzene rings is 2. The van der Waals surface area contributed by atoms with E-state index >= 15 is 0 Å². The fourth-order valence-corrected chi connectivity index (χ4v) is 4.87. The van der Waals surface area contributed by atoms with Crippen LogP contribution in [-0.4, -0.2) is 32.1 Å². The number of amides is 1. The van der Waals surface area contributed by atoms with Crippen LogP contribution in [0.25, 0.3) is 0 Å². The van der Waals surface area contributed by atoms with Gasteiger partial charge in [-0.15, -0.1) is 0 Å². The molecule has 0 atom stereocenters. The highest BCUT2D eigenvalue weighted by atomic mass is 19.2. The standard InChI is InChI=1S/C28H25F3N6O4/c1-32-23(38)17-5-2-7-19(13-17)28(8-4-9-28)35-25-34-26(40)37(15-18-6-3-10-33-24(18)39)27(41)36(25)14-16-11-20(29)22(31)21(30)12-16/h2-3,5-7,10-13H,4,8-9,14-15H2,1H3,(H,32,38)(H,33,39)(H,34,35,40). The second-order valence-corrected chi connectivity index (χ2v) is 9.79. The predicted molar refractivity (Wildman–Crippen MR) is 143 cm³/mol. The molecule has 0 radical (unpaired) electrons. The average molecular weight is 567 g/mol. The maximum Gasteiger partial charge on any atom is 0.355 e. The Labute approximate surface area is 230 Å². The molecule has 3 N–H and O–H groups in total. The van der Waals surface area contributed by atoms with Gasteiger partial charge in [0.1, 0.15) is 0 Å². The summed E-state index contributed by atoms with van der Waals surface area (Å²) in [5.41, 5.74) is -2.05. The van der Waals surface area contributed by atoms with Crippen molar-refractivity contribution in [3.63, 3.8) is 0 Å². The minimum Gasteiger partial charge on any atom is -0.355 e. The lowest BCUT2D eigenvalue weighted by Crippen LogP contribution is -2.48. The Morgan fingerprint density at radius 1 is 1.00 bits per heavy atom. The first-order valence-electron chi connectivity index (χ1n) is 12.7. The number of carbonyl (C=O) groups is 1. The van der Waals surface area contributed by atoms with E-state index in [-0.39, 0.29) is 23.0 Å². The fraction of sp³-hybridized carbons (Fsp3) is 0.250. The van der Waals surface area contributed by atoms with Crippen LogP contribution in [0.3, 0.4) is 0 Å². The molecule has 5 rings (SSSR count). The third-order valence-electron chi connectivity index (χ3n) is 7.22. The molecule has 10 nitrogen and oxygen atoms in total. The van der Waals surface area contributed by atoms with Gasteiger partial charge in [-0.3, -0.25) is 14.2 Å². The molecule has 1 aliphatic carbocycles. The second kappa shape index (κ2) is 10.9. The number of hydrogen-bond donors (Lipinski definition) is 3. The van der Waals surface area contributed by atoms with E-state index in [1.165, 1.54) is 25.4 Å². The molecule has 2 aromatic heterocycles. The molecule has 1 saturated carbocycles. The molecule has 2 aromatic carbocycles. The van der Waals surface area contributed by atoms with Gasteiger partial charge in [0.25, 0.3) is 11.5 Å².